The number of carbonyl (C=O) groups excluding carboxylic acids is 3. The van der Waals surface area contributed by atoms with E-state index in [0.717, 1.165) is 37.9 Å². The molecule has 1 aliphatic heterocycles. The first-order valence-corrected chi connectivity index (χ1v) is 12.8. The fourth-order valence-corrected chi connectivity index (χ4v) is 5.38. The first-order chi connectivity index (χ1) is 15.4. The summed E-state index contributed by atoms with van der Waals surface area (Å²) in [5.41, 5.74) is 2.09. The smallest absolute Gasteiger partial charge is 0.341 e. The average Bonchev–Trinajstić information content (AvgIpc) is 3.40. The van der Waals surface area contributed by atoms with Crippen molar-refractivity contribution in [2.45, 2.75) is 46.1 Å². The van der Waals surface area contributed by atoms with E-state index >= 15 is 0 Å². The lowest BCUT2D eigenvalue weighted by molar-refractivity contribution is -0.117. The van der Waals surface area contributed by atoms with E-state index in [1.165, 1.54) is 22.7 Å². The van der Waals surface area contributed by atoms with E-state index in [9.17, 15) is 14.4 Å². The summed E-state index contributed by atoms with van der Waals surface area (Å²) < 4.78 is 5.22. The van der Waals surface area contributed by atoms with E-state index < -0.39 is 0 Å². The molecule has 0 unspecified atom stereocenters. The van der Waals surface area contributed by atoms with E-state index in [2.05, 4.69) is 29.4 Å². The van der Waals surface area contributed by atoms with Crippen LogP contribution in [0.2, 0.25) is 0 Å². The van der Waals surface area contributed by atoms with Crippen LogP contribution in [0.3, 0.4) is 0 Å². The van der Waals surface area contributed by atoms with Crippen molar-refractivity contribution >= 4 is 45.5 Å². The number of likely N-dealkylation sites (tertiary alicyclic amines) is 1. The third kappa shape index (κ3) is 6.63. The van der Waals surface area contributed by atoms with Gasteiger partial charge in [-0.3, -0.25) is 14.5 Å². The molecule has 0 saturated carbocycles. The Balaban J connectivity index is 1.52. The number of ether oxygens (including phenoxy) is 1. The lowest BCUT2D eigenvalue weighted by Gasteiger charge is -2.31. The van der Waals surface area contributed by atoms with Crippen LogP contribution < -0.4 is 10.6 Å². The van der Waals surface area contributed by atoms with Crippen LogP contribution in [0.15, 0.2) is 22.2 Å². The SMILES string of the molecule is CCOC(=O)c1c(CC(C)C)csc1NC(=O)CN1CCC(NC(=O)c2ccsc2)CC1. The normalized spacial score (nSPS) is 15.0. The molecule has 3 heterocycles. The van der Waals surface area contributed by atoms with Gasteiger partial charge in [-0.1, -0.05) is 13.8 Å². The minimum atomic E-state index is -0.387. The Kier molecular flexibility index (Phi) is 8.84. The lowest BCUT2D eigenvalue weighted by atomic mass is 10.0. The highest BCUT2D eigenvalue weighted by Crippen LogP contribution is 2.31. The highest BCUT2D eigenvalue weighted by Gasteiger charge is 2.25. The van der Waals surface area contributed by atoms with Crippen molar-refractivity contribution in [1.29, 1.82) is 0 Å². The Bertz CT molecular complexity index is 916. The van der Waals surface area contributed by atoms with Crippen molar-refractivity contribution in [3.8, 4) is 0 Å². The van der Waals surface area contributed by atoms with Crippen LogP contribution in [-0.4, -0.2) is 55.0 Å². The summed E-state index contributed by atoms with van der Waals surface area (Å²) in [6.45, 7) is 7.98. The third-order valence-corrected chi connectivity index (χ3v) is 6.93. The van der Waals surface area contributed by atoms with Gasteiger partial charge in [0.05, 0.1) is 18.7 Å². The molecule has 0 atom stereocenters. The van der Waals surface area contributed by atoms with Gasteiger partial charge in [0.1, 0.15) is 5.00 Å². The maximum absolute atomic E-state index is 12.7. The van der Waals surface area contributed by atoms with Crippen LogP contribution >= 0.6 is 22.7 Å². The zero-order chi connectivity index (χ0) is 23.1. The predicted molar refractivity (Wildman–Crippen MR) is 129 cm³/mol. The molecule has 0 bridgehead atoms. The maximum atomic E-state index is 12.7. The molecule has 2 aromatic rings. The van der Waals surface area contributed by atoms with Gasteiger partial charge in [0.25, 0.3) is 5.91 Å². The van der Waals surface area contributed by atoms with Gasteiger partial charge in [0.2, 0.25) is 5.91 Å². The fourth-order valence-electron chi connectivity index (χ4n) is 3.77. The summed E-state index contributed by atoms with van der Waals surface area (Å²) in [4.78, 5) is 39.5. The van der Waals surface area contributed by atoms with Gasteiger partial charge in [0, 0.05) is 30.1 Å². The van der Waals surface area contributed by atoms with Gasteiger partial charge in [0.15, 0.2) is 0 Å². The molecule has 0 aliphatic carbocycles. The highest BCUT2D eigenvalue weighted by molar-refractivity contribution is 7.15. The first-order valence-electron chi connectivity index (χ1n) is 11.0. The number of nitrogens with zero attached hydrogens (tertiary/aromatic N) is 1. The molecule has 2 N–H and O–H groups in total. The first kappa shape index (κ1) is 24.4. The molecule has 0 aromatic carbocycles. The number of piperidine rings is 1. The molecule has 7 nitrogen and oxygen atoms in total. The molecule has 1 fully saturated rings. The molecule has 3 rings (SSSR count). The van der Waals surface area contributed by atoms with Crippen molar-refractivity contribution in [2.24, 2.45) is 5.92 Å². The van der Waals surface area contributed by atoms with Crippen LogP contribution in [0.1, 0.15) is 59.9 Å². The zero-order valence-corrected chi connectivity index (χ0v) is 20.4. The fraction of sp³-hybridized carbons (Fsp3) is 0.522. The van der Waals surface area contributed by atoms with Gasteiger partial charge < -0.3 is 15.4 Å². The standard InChI is InChI=1S/C23H31N3O4S2/c1-4-30-23(29)20-17(11-15(2)3)14-32-22(20)25-19(27)12-26-8-5-18(6-9-26)24-21(28)16-7-10-31-13-16/h7,10,13-15,18H,4-6,8-9,11-12H2,1-3H3,(H,24,28)(H,25,27). The van der Waals surface area contributed by atoms with Crippen molar-refractivity contribution < 1.29 is 19.1 Å². The maximum Gasteiger partial charge on any atom is 0.341 e. The summed E-state index contributed by atoms with van der Waals surface area (Å²) in [5.74, 6) is -0.178. The number of amides is 2. The molecule has 174 valence electrons. The summed E-state index contributed by atoms with van der Waals surface area (Å²) >= 11 is 2.88. The highest BCUT2D eigenvalue weighted by atomic mass is 32.1. The minimum absolute atomic E-state index is 0.0381. The molecule has 1 saturated heterocycles. The molecule has 32 heavy (non-hydrogen) atoms. The van der Waals surface area contributed by atoms with Gasteiger partial charge >= 0.3 is 5.97 Å². The van der Waals surface area contributed by atoms with Crippen LogP contribution in [0, 0.1) is 5.92 Å². The van der Waals surface area contributed by atoms with E-state index in [1.54, 1.807) is 6.92 Å². The Morgan fingerprint density at radius 1 is 1.22 bits per heavy atom. The Hall–Kier alpha value is -2.23. The largest absolute Gasteiger partial charge is 0.462 e. The Morgan fingerprint density at radius 3 is 2.59 bits per heavy atom. The van der Waals surface area contributed by atoms with Crippen molar-refractivity contribution in [1.82, 2.24) is 10.2 Å². The lowest BCUT2D eigenvalue weighted by Crippen LogP contribution is -2.46. The monoisotopic (exact) mass is 477 g/mol. The predicted octanol–water partition coefficient (Wildman–Crippen LogP) is 4.02. The minimum Gasteiger partial charge on any atom is -0.462 e. The Morgan fingerprint density at radius 2 is 1.97 bits per heavy atom. The second-order valence-corrected chi connectivity index (χ2v) is 10.0. The van der Waals surface area contributed by atoms with Gasteiger partial charge in [-0.2, -0.15) is 11.3 Å². The van der Waals surface area contributed by atoms with E-state index in [1.807, 2.05) is 22.2 Å². The molecular formula is C23H31N3O4S2. The zero-order valence-electron chi connectivity index (χ0n) is 18.8. The number of anilines is 1. The van der Waals surface area contributed by atoms with Crippen molar-refractivity contribution in [3.63, 3.8) is 0 Å². The van der Waals surface area contributed by atoms with Gasteiger partial charge in [-0.25, -0.2) is 4.79 Å². The van der Waals surface area contributed by atoms with Crippen molar-refractivity contribution in [2.75, 3.05) is 31.6 Å². The Labute approximate surface area is 197 Å². The van der Waals surface area contributed by atoms with Gasteiger partial charge in [-0.05, 0) is 54.5 Å². The van der Waals surface area contributed by atoms with Gasteiger partial charge in [-0.15, -0.1) is 11.3 Å². The molecule has 0 radical (unpaired) electrons. The number of thiophene rings is 2. The summed E-state index contributed by atoms with van der Waals surface area (Å²) in [7, 11) is 0. The quantitative estimate of drug-likeness (QED) is 0.533. The number of carbonyl (C=O) groups is 3. The molecule has 1 aliphatic rings. The van der Waals surface area contributed by atoms with Crippen LogP contribution in [0.4, 0.5) is 5.00 Å². The average molecular weight is 478 g/mol. The van der Waals surface area contributed by atoms with Crippen LogP contribution in [0.25, 0.3) is 0 Å². The third-order valence-electron chi connectivity index (χ3n) is 5.30. The molecule has 2 amide bonds. The second kappa shape index (κ2) is 11.6. The second-order valence-electron chi connectivity index (χ2n) is 8.37. The summed E-state index contributed by atoms with van der Waals surface area (Å²) in [5, 5.41) is 12.2. The summed E-state index contributed by atoms with van der Waals surface area (Å²) in [6, 6.07) is 1.94. The van der Waals surface area contributed by atoms with Crippen molar-refractivity contribution in [3.05, 3.63) is 38.9 Å². The molecule has 2 aromatic heterocycles. The number of hydrogen-bond acceptors (Lipinski definition) is 7. The number of hydrogen-bond donors (Lipinski definition) is 2. The van der Waals surface area contributed by atoms with Crippen LogP contribution in [0.5, 0.6) is 0 Å². The van der Waals surface area contributed by atoms with E-state index in [4.69, 9.17) is 4.74 Å². The van der Waals surface area contributed by atoms with E-state index in [-0.39, 0.29) is 30.4 Å². The number of esters is 1. The molecule has 9 heteroatoms. The van der Waals surface area contributed by atoms with Crippen LogP contribution in [-0.2, 0) is 16.0 Å². The topological polar surface area (TPSA) is 87.7 Å². The molecule has 0 spiro atoms. The number of nitrogens with one attached hydrogen (secondary N) is 2. The molecular weight excluding hydrogens is 446 g/mol. The summed E-state index contributed by atoms with van der Waals surface area (Å²) in [6.07, 6.45) is 2.36. The van der Waals surface area contributed by atoms with E-state index in [0.29, 0.717) is 28.7 Å². The number of rotatable bonds is 9.